The third-order valence-electron chi connectivity index (χ3n) is 3.63. The Morgan fingerprint density at radius 2 is 2.22 bits per heavy atom. The fourth-order valence-electron chi connectivity index (χ4n) is 2.54. The molecular weight excluding hydrogens is 352 g/mol. The molecule has 1 aliphatic heterocycles. The highest BCUT2D eigenvalue weighted by atomic mass is 35.5. The number of furan rings is 1. The molecule has 0 saturated heterocycles. The van der Waals surface area contributed by atoms with Gasteiger partial charge in [0.05, 0.1) is 10.6 Å². The zero-order chi connectivity index (χ0) is 15.8. The number of carbonyl (C=O) groups excluding carboxylic acids is 1. The summed E-state index contributed by atoms with van der Waals surface area (Å²) in [6.45, 7) is 0. The van der Waals surface area contributed by atoms with Crippen molar-refractivity contribution in [3.63, 3.8) is 0 Å². The average molecular weight is 363 g/mol. The summed E-state index contributed by atoms with van der Waals surface area (Å²) in [6, 6.07) is 8.88. The Bertz CT molecular complexity index is 853. The maximum atomic E-state index is 12.8. The summed E-state index contributed by atoms with van der Waals surface area (Å²) in [6.07, 6.45) is 0.609. The van der Waals surface area contributed by atoms with Crippen LogP contribution in [0.25, 0.3) is 0 Å². The van der Waals surface area contributed by atoms with Gasteiger partial charge in [-0.15, -0.1) is 11.3 Å². The molecule has 3 aromatic heterocycles. The second kappa shape index (κ2) is 5.96. The number of carbonyl (C=O) groups is 1. The molecule has 3 aromatic rings. The summed E-state index contributed by atoms with van der Waals surface area (Å²) in [5.41, 5.74) is 1.92. The van der Waals surface area contributed by atoms with Crippen LogP contribution in [0, 0.1) is 0 Å². The van der Waals surface area contributed by atoms with Gasteiger partial charge in [0.25, 0.3) is 5.91 Å². The van der Waals surface area contributed by atoms with Crippen molar-refractivity contribution in [2.24, 2.45) is 5.10 Å². The van der Waals surface area contributed by atoms with E-state index in [1.807, 2.05) is 28.3 Å². The highest BCUT2D eigenvalue weighted by Crippen LogP contribution is 2.36. The maximum Gasteiger partial charge on any atom is 0.284 e. The van der Waals surface area contributed by atoms with Crippen LogP contribution in [-0.2, 0) is 0 Å². The summed E-state index contributed by atoms with van der Waals surface area (Å²) in [4.78, 5) is 13.4. The van der Waals surface area contributed by atoms with Gasteiger partial charge in [0.2, 0.25) is 0 Å². The van der Waals surface area contributed by atoms with Crippen molar-refractivity contribution in [1.82, 2.24) is 5.01 Å². The largest absolute Gasteiger partial charge is 0.447 e. The highest BCUT2D eigenvalue weighted by molar-refractivity contribution is 7.12. The molecule has 4 rings (SSSR count). The van der Waals surface area contributed by atoms with Crippen LogP contribution in [0.15, 0.2) is 56.0 Å². The zero-order valence-electron chi connectivity index (χ0n) is 11.8. The highest BCUT2D eigenvalue weighted by Gasteiger charge is 2.36. The van der Waals surface area contributed by atoms with E-state index in [4.69, 9.17) is 16.0 Å². The molecule has 0 unspecified atom stereocenters. The molecular formula is C16H11ClN2O2S2. The number of thiophene rings is 2. The topological polar surface area (TPSA) is 45.8 Å². The number of halogens is 1. The third-order valence-corrected chi connectivity index (χ3v) is 5.37. The van der Waals surface area contributed by atoms with Crippen LogP contribution >= 0.6 is 34.3 Å². The van der Waals surface area contributed by atoms with Crippen LogP contribution < -0.4 is 0 Å². The summed E-state index contributed by atoms with van der Waals surface area (Å²) in [5.74, 6) is 0.525. The van der Waals surface area contributed by atoms with Crippen molar-refractivity contribution in [2.75, 3.05) is 0 Å². The molecule has 1 atom stereocenters. The summed E-state index contributed by atoms with van der Waals surface area (Å²) in [5, 5.41) is 12.3. The van der Waals surface area contributed by atoms with Gasteiger partial charge >= 0.3 is 0 Å². The molecule has 23 heavy (non-hydrogen) atoms. The quantitative estimate of drug-likeness (QED) is 0.654. The van der Waals surface area contributed by atoms with E-state index < -0.39 is 0 Å². The SMILES string of the molecule is O=C(c1cccs1)N1N=C(c2ccsc2)C[C@H]1c1ccc(Cl)o1. The average Bonchev–Trinajstić information content (AvgIpc) is 3.31. The molecule has 4 heterocycles. The monoisotopic (exact) mass is 362 g/mol. The van der Waals surface area contributed by atoms with Gasteiger partial charge in [0, 0.05) is 12.0 Å². The Kier molecular flexibility index (Phi) is 3.80. The number of hydrazone groups is 1. The standard InChI is InChI=1S/C16H11ClN2O2S2/c17-15-4-3-13(21-15)12-8-11(10-5-7-22-9-10)18-19(12)16(20)14-2-1-6-23-14/h1-7,9,12H,8H2/t12-/m0/s1. The van der Waals surface area contributed by atoms with Crippen LogP contribution in [0.3, 0.4) is 0 Å². The van der Waals surface area contributed by atoms with Crippen LogP contribution in [0.5, 0.6) is 0 Å². The lowest BCUT2D eigenvalue weighted by molar-refractivity contribution is 0.0698. The molecule has 0 aliphatic carbocycles. The van der Waals surface area contributed by atoms with Crippen molar-refractivity contribution in [2.45, 2.75) is 12.5 Å². The van der Waals surface area contributed by atoms with Crippen molar-refractivity contribution < 1.29 is 9.21 Å². The predicted octanol–water partition coefficient (Wildman–Crippen LogP) is 5.05. The first-order valence-corrected chi connectivity index (χ1v) is 9.15. The summed E-state index contributed by atoms with van der Waals surface area (Å²) in [7, 11) is 0. The zero-order valence-corrected chi connectivity index (χ0v) is 14.2. The lowest BCUT2D eigenvalue weighted by atomic mass is 10.0. The van der Waals surface area contributed by atoms with Crippen LogP contribution in [0.2, 0.25) is 5.22 Å². The first-order valence-electron chi connectivity index (χ1n) is 6.95. The summed E-state index contributed by atoms with van der Waals surface area (Å²) >= 11 is 8.91. The molecule has 0 saturated carbocycles. The first kappa shape index (κ1) is 14.7. The second-order valence-corrected chi connectivity index (χ2v) is 7.15. The first-order chi connectivity index (χ1) is 11.2. The molecule has 0 bridgehead atoms. The van der Waals surface area contributed by atoms with E-state index in [1.165, 1.54) is 16.3 Å². The van der Waals surface area contributed by atoms with Gasteiger partial charge in [-0.25, -0.2) is 5.01 Å². The van der Waals surface area contributed by atoms with Crippen molar-refractivity contribution in [3.05, 3.63) is 67.9 Å². The van der Waals surface area contributed by atoms with Gasteiger partial charge in [-0.2, -0.15) is 16.4 Å². The van der Waals surface area contributed by atoms with Crippen molar-refractivity contribution in [1.29, 1.82) is 0 Å². The number of rotatable bonds is 3. The van der Waals surface area contributed by atoms with Gasteiger partial charge in [0.1, 0.15) is 11.8 Å². The van der Waals surface area contributed by atoms with Crippen molar-refractivity contribution >= 4 is 45.9 Å². The molecule has 0 radical (unpaired) electrons. The van der Waals surface area contributed by atoms with Gasteiger partial charge in [-0.3, -0.25) is 4.79 Å². The van der Waals surface area contributed by atoms with Gasteiger partial charge in [-0.1, -0.05) is 6.07 Å². The number of nitrogens with zero attached hydrogens (tertiary/aromatic N) is 2. The third kappa shape index (κ3) is 2.73. The number of hydrogen-bond acceptors (Lipinski definition) is 5. The van der Waals surface area contributed by atoms with Crippen LogP contribution in [-0.4, -0.2) is 16.6 Å². The molecule has 1 amide bonds. The fourth-order valence-corrected chi connectivity index (χ4v) is 4.02. The Morgan fingerprint density at radius 1 is 1.30 bits per heavy atom. The van der Waals surface area contributed by atoms with E-state index in [0.717, 1.165) is 11.3 Å². The Balaban J connectivity index is 1.72. The Labute approximate surface area is 145 Å². The molecule has 0 aromatic carbocycles. The van der Waals surface area contributed by atoms with Gasteiger partial charge in [0.15, 0.2) is 5.22 Å². The number of amides is 1. The van der Waals surface area contributed by atoms with Crippen LogP contribution in [0.1, 0.15) is 33.5 Å². The molecule has 0 N–H and O–H groups in total. The van der Waals surface area contributed by atoms with E-state index in [0.29, 0.717) is 22.3 Å². The molecule has 1 aliphatic rings. The summed E-state index contributed by atoms with van der Waals surface area (Å²) < 4.78 is 5.54. The Hall–Kier alpha value is -1.89. The minimum Gasteiger partial charge on any atom is -0.447 e. The lowest BCUT2D eigenvalue weighted by Crippen LogP contribution is -2.26. The van der Waals surface area contributed by atoms with E-state index in [2.05, 4.69) is 5.10 Å². The van der Waals surface area contributed by atoms with Crippen LogP contribution in [0.4, 0.5) is 0 Å². The Morgan fingerprint density at radius 3 is 2.87 bits per heavy atom. The van der Waals surface area contributed by atoms with E-state index in [9.17, 15) is 4.79 Å². The predicted molar refractivity (Wildman–Crippen MR) is 92.4 cm³/mol. The molecule has 7 heteroatoms. The van der Waals surface area contributed by atoms with E-state index in [-0.39, 0.29) is 11.9 Å². The smallest absolute Gasteiger partial charge is 0.284 e. The van der Waals surface area contributed by atoms with Gasteiger partial charge < -0.3 is 4.42 Å². The molecule has 4 nitrogen and oxygen atoms in total. The number of hydrogen-bond donors (Lipinski definition) is 0. The minimum absolute atomic E-state index is 0.122. The van der Waals surface area contributed by atoms with E-state index >= 15 is 0 Å². The maximum absolute atomic E-state index is 12.8. The molecule has 0 spiro atoms. The van der Waals surface area contributed by atoms with Gasteiger partial charge in [-0.05, 0) is 52.0 Å². The molecule has 0 fully saturated rings. The fraction of sp³-hybridized carbons (Fsp3) is 0.125. The minimum atomic E-state index is -0.271. The second-order valence-electron chi connectivity index (χ2n) is 5.05. The normalized spacial score (nSPS) is 17.5. The molecule has 116 valence electrons. The van der Waals surface area contributed by atoms with Crippen molar-refractivity contribution in [3.8, 4) is 0 Å². The lowest BCUT2D eigenvalue weighted by Gasteiger charge is -2.19. The van der Waals surface area contributed by atoms with E-state index in [1.54, 1.807) is 29.5 Å².